The number of imidazole rings is 1. The predicted octanol–water partition coefficient (Wildman–Crippen LogP) is 6.72. The predicted molar refractivity (Wildman–Crippen MR) is 114 cm³/mol. The van der Waals surface area contributed by atoms with Gasteiger partial charge in [0.1, 0.15) is 11.9 Å². The highest BCUT2D eigenvalue weighted by atomic mass is 35.5. The molecule has 3 rings (SSSR count). The molecule has 0 radical (unpaired) electrons. The molecule has 0 saturated carbocycles. The lowest BCUT2D eigenvalue weighted by molar-refractivity contribution is 0.0337. The van der Waals surface area contributed by atoms with Gasteiger partial charge in [0.05, 0.1) is 31.1 Å². The number of hydrogen-bond acceptors (Lipinski definition) is 3. The second kappa shape index (κ2) is 10.4. The van der Waals surface area contributed by atoms with E-state index in [1.165, 1.54) is 0 Å². The Hall–Kier alpha value is -1.43. The lowest BCUT2D eigenvalue weighted by Crippen LogP contribution is -2.14. The van der Waals surface area contributed by atoms with Crippen LogP contribution in [0.25, 0.3) is 0 Å². The van der Waals surface area contributed by atoms with Crippen LogP contribution in [0.1, 0.15) is 18.1 Å². The van der Waals surface area contributed by atoms with Gasteiger partial charge >= 0.3 is 0 Å². The zero-order valence-electron chi connectivity index (χ0n) is 14.8. The van der Waals surface area contributed by atoms with Crippen LogP contribution in [0.2, 0.25) is 20.1 Å². The third-order valence-electron chi connectivity index (χ3n) is 4.00. The number of hydrogen-bond donors (Lipinski definition) is 0. The Bertz CT molecular complexity index is 903. The first-order chi connectivity index (χ1) is 13.5. The summed E-state index contributed by atoms with van der Waals surface area (Å²) in [6.07, 6.45) is 5.80. The zero-order chi connectivity index (χ0) is 19.9. The second-order valence-electron chi connectivity index (χ2n) is 6.06. The Labute approximate surface area is 183 Å². The van der Waals surface area contributed by atoms with Crippen LogP contribution in [0.15, 0.2) is 55.1 Å². The summed E-state index contributed by atoms with van der Waals surface area (Å²) in [5.74, 6) is 0.599. The smallest absolute Gasteiger partial charge is 0.137 e. The molecular weight excluding hydrogens is 442 g/mol. The first-order valence-corrected chi connectivity index (χ1v) is 10.1. The Kier molecular flexibility index (Phi) is 7.89. The molecule has 0 N–H and O–H groups in total. The van der Waals surface area contributed by atoms with E-state index in [9.17, 15) is 0 Å². The number of rotatable bonds is 9. The lowest BCUT2D eigenvalue weighted by Gasteiger charge is -2.20. The first kappa shape index (κ1) is 21.3. The molecule has 1 unspecified atom stereocenters. The SMILES string of the molecule is Clc1ccc(OCCCOC(Cn2ccnc2)c2ccc(Cl)cc2Cl)c(Cl)c1. The van der Waals surface area contributed by atoms with E-state index < -0.39 is 0 Å². The van der Waals surface area contributed by atoms with E-state index in [-0.39, 0.29) is 6.10 Å². The molecule has 0 bridgehead atoms. The van der Waals surface area contributed by atoms with Gasteiger partial charge in [-0.2, -0.15) is 0 Å². The molecule has 1 atom stereocenters. The van der Waals surface area contributed by atoms with Crippen molar-refractivity contribution in [2.75, 3.05) is 13.2 Å². The first-order valence-electron chi connectivity index (χ1n) is 8.63. The fourth-order valence-corrected chi connectivity index (χ4v) is 3.64. The van der Waals surface area contributed by atoms with Gasteiger partial charge in [-0.25, -0.2) is 4.98 Å². The maximum absolute atomic E-state index is 6.38. The molecule has 0 amide bonds. The van der Waals surface area contributed by atoms with Crippen molar-refractivity contribution in [3.05, 3.63) is 80.8 Å². The van der Waals surface area contributed by atoms with E-state index in [1.807, 2.05) is 16.8 Å². The van der Waals surface area contributed by atoms with Gasteiger partial charge in [-0.15, -0.1) is 0 Å². The van der Waals surface area contributed by atoms with Crippen LogP contribution in [0, 0.1) is 0 Å². The normalized spacial score (nSPS) is 12.1. The van der Waals surface area contributed by atoms with Crippen molar-refractivity contribution in [2.24, 2.45) is 0 Å². The highest BCUT2D eigenvalue weighted by Gasteiger charge is 2.16. The Balaban J connectivity index is 1.57. The van der Waals surface area contributed by atoms with Crippen LogP contribution in [0.3, 0.4) is 0 Å². The third kappa shape index (κ3) is 6.03. The van der Waals surface area contributed by atoms with E-state index >= 15 is 0 Å². The summed E-state index contributed by atoms with van der Waals surface area (Å²) in [7, 11) is 0. The summed E-state index contributed by atoms with van der Waals surface area (Å²) < 4.78 is 13.7. The van der Waals surface area contributed by atoms with E-state index in [1.54, 1.807) is 42.9 Å². The van der Waals surface area contributed by atoms with Gasteiger partial charge in [0.15, 0.2) is 0 Å². The molecule has 148 valence electrons. The van der Waals surface area contributed by atoms with Crippen molar-refractivity contribution in [3.8, 4) is 5.75 Å². The van der Waals surface area contributed by atoms with Gasteiger partial charge < -0.3 is 14.0 Å². The molecule has 0 fully saturated rings. The summed E-state index contributed by atoms with van der Waals surface area (Å²) in [4.78, 5) is 4.07. The second-order valence-corrected chi connectivity index (χ2v) is 7.75. The Morgan fingerprint density at radius 1 is 0.929 bits per heavy atom. The van der Waals surface area contributed by atoms with Crippen molar-refractivity contribution >= 4 is 46.4 Å². The summed E-state index contributed by atoms with van der Waals surface area (Å²) >= 11 is 24.4. The van der Waals surface area contributed by atoms with Crippen LogP contribution in [0.5, 0.6) is 5.75 Å². The molecule has 1 heterocycles. The minimum absolute atomic E-state index is 0.238. The summed E-state index contributed by atoms with van der Waals surface area (Å²) in [5.41, 5.74) is 0.876. The maximum Gasteiger partial charge on any atom is 0.137 e. The number of halogens is 4. The van der Waals surface area contributed by atoms with E-state index in [0.29, 0.717) is 52.0 Å². The maximum atomic E-state index is 6.38. The molecule has 0 aliphatic rings. The van der Waals surface area contributed by atoms with Crippen LogP contribution < -0.4 is 4.74 Å². The van der Waals surface area contributed by atoms with Crippen molar-refractivity contribution in [1.29, 1.82) is 0 Å². The minimum Gasteiger partial charge on any atom is -0.492 e. The van der Waals surface area contributed by atoms with Gasteiger partial charge in [0, 0.05) is 39.4 Å². The average molecular weight is 460 g/mol. The number of benzene rings is 2. The third-order valence-corrected chi connectivity index (χ3v) is 5.10. The van der Waals surface area contributed by atoms with Crippen molar-refractivity contribution in [3.63, 3.8) is 0 Å². The molecule has 4 nitrogen and oxygen atoms in total. The lowest BCUT2D eigenvalue weighted by atomic mass is 10.1. The molecule has 0 saturated heterocycles. The van der Waals surface area contributed by atoms with Crippen LogP contribution in [-0.2, 0) is 11.3 Å². The molecule has 0 aliphatic carbocycles. The fourth-order valence-electron chi connectivity index (χ4n) is 2.65. The van der Waals surface area contributed by atoms with Crippen molar-refractivity contribution < 1.29 is 9.47 Å². The Morgan fingerprint density at radius 2 is 1.68 bits per heavy atom. The summed E-state index contributed by atoms with van der Waals surface area (Å²) in [6, 6.07) is 10.5. The van der Waals surface area contributed by atoms with Gasteiger partial charge in [0.2, 0.25) is 0 Å². The molecule has 28 heavy (non-hydrogen) atoms. The van der Waals surface area contributed by atoms with Gasteiger partial charge in [-0.1, -0.05) is 52.5 Å². The molecule has 0 aliphatic heterocycles. The average Bonchev–Trinajstić information content (AvgIpc) is 3.15. The van der Waals surface area contributed by atoms with Crippen LogP contribution in [0.4, 0.5) is 0 Å². The van der Waals surface area contributed by atoms with Gasteiger partial charge in [-0.05, 0) is 30.3 Å². The molecule has 2 aromatic carbocycles. The van der Waals surface area contributed by atoms with Crippen LogP contribution in [-0.4, -0.2) is 22.8 Å². The van der Waals surface area contributed by atoms with Crippen molar-refractivity contribution in [2.45, 2.75) is 19.1 Å². The highest BCUT2D eigenvalue weighted by Crippen LogP contribution is 2.30. The Morgan fingerprint density at radius 3 is 2.36 bits per heavy atom. The standard InChI is InChI=1S/C20H18Cl4N2O2/c21-14-2-4-16(17(23)10-14)20(12-26-7-6-25-13-26)28-9-1-8-27-19-5-3-15(22)11-18(19)24/h2-7,10-11,13,20H,1,8-9,12H2. The fraction of sp³-hybridized carbons (Fsp3) is 0.250. The topological polar surface area (TPSA) is 36.3 Å². The number of aromatic nitrogens is 2. The van der Waals surface area contributed by atoms with Crippen LogP contribution >= 0.6 is 46.4 Å². The largest absolute Gasteiger partial charge is 0.492 e. The van der Waals surface area contributed by atoms with E-state index in [2.05, 4.69) is 4.98 Å². The van der Waals surface area contributed by atoms with E-state index in [4.69, 9.17) is 55.9 Å². The van der Waals surface area contributed by atoms with Crippen molar-refractivity contribution in [1.82, 2.24) is 9.55 Å². The highest BCUT2D eigenvalue weighted by molar-refractivity contribution is 6.35. The molecule has 0 spiro atoms. The number of nitrogens with zero attached hydrogens (tertiary/aromatic N) is 2. The summed E-state index contributed by atoms with van der Waals surface area (Å²) in [6.45, 7) is 1.54. The molecular formula is C20H18Cl4N2O2. The van der Waals surface area contributed by atoms with Gasteiger partial charge in [-0.3, -0.25) is 0 Å². The summed E-state index contributed by atoms with van der Waals surface area (Å²) in [5, 5.41) is 2.22. The zero-order valence-corrected chi connectivity index (χ0v) is 17.8. The minimum atomic E-state index is -0.238. The molecule has 1 aromatic heterocycles. The quantitative estimate of drug-likeness (QED) is 0.333. The number of ether oxygens (including phenoxy) is 2. The monoisotopic (exact) mass is 458 g/mol. The molecule has 3 aromatic rings. The van der Waals surface area contributed by atoms with Gasteiger partial charge in [0.25, 0.3) is 0 Å². The van der Waals surface area contributed by atoms with E-state index in [0.717, 1.165) is 5.56 Å². The molecule has 8 heteroatoms.